The Morgan fingerprint density at radius 1 is 1.04 bits per heavy atom. The molecule has 2 aromatic carbocycles. The highest BCUT2D eigenvalue weighted by Crippen LogP contribution is 2.22. The van der Waals surface area contributed by atoms with E-state index in [-0.39, 0.29) is 22.6 Å². The molecule has 0 N–H and O–H groups in total. The second-order valence-corrected chi connectivity index (χ2v) is 6.73. The molecule has 0 aliphatic carbocycles. The molecule has 0 saturated carbocycles. The van der Waals surface area contributed by atoms with E-state index < -0.39 is 5.97 Å². The van der Waals surface area contributed by atoms with Gasteiger partial charge >= 0.3 is 5.97 Å². The third kappa shape index (κ3) is 3.17. The summed E-state index contributed by atoms with van der Waals surface area (Å²) in [5.74, 6) is -0.406. The van der Waals surface area contributed by atoms with E-state index in [1.807, 2.05) is 32.0 Å². The van der Waals surface area contributed by atoms with Crippen LogP contribution in [0.4, 0.5) is 0 Å². The SMILES string of the molecule is Cc1ccc(C2=NC(=Cc3coc4ccc(Cl)cc4c3=O)C(=O)O2)cc1C. The number of aliphatic imine (C=N–C) groups is 1. The Morgan fingerprint density at radius 3 is 2.63 bits per heavy atom. The molecule has 0 bridgehead atoms. The molecule has 1 aromatic heterocycles. The van der Waals surface area contributed by atoms with Gasteiger partial charge in [0.1, 0.15) is 11.8 Å². The van der Waals surface area contributed by atoms with Gasteiger partial charge in [-0.05, 0) is 61.4 Å². The first-order valence-corrected chi connectivity index (χ1v) is 8.61. The van der Waals surface area contributed by atoms with Crippen LogP contribution in [-0.2, 0) is 9.53 Å². The lowest BCUT2D eigenvalue weighted by Gasteiger charge is -2.03. The first kappa shape index (κ1) is 17.2. The number of fused-ring (bicyclic) bond motifs is 1. The Bertz CT molecular complexity index is 1220. The molecule has 0 amide bonds. The van der Waals surface area contributed by atoms with Crippen molar-refractivity contribution in [1.29, 1.82) is 0 Å². The van der Waals surface area contributed by atoms with Crippen LogP contribution in [0.2, 0.25) is 5.02 Å². The van der Waals surface area contributed by atoms with E-state index in [1.54, 1.807) is 12.1 Å². The molecule has 0 unspecified atom stereocenters. The summed E-state index contributed by atoms with van der Waals surface area (Å²) < 4.78 is 10.7. The van der Waals surface area contributed by atoms with Crippen LogP contribution in [-0.4, -0.2) is 11.9 Å². The van der Waals surface area contributed by atoms with Crippen molar-refractivity contribution >= 4 is 40.5 Å². The maximum absolute atomic E-state index is 12.6. The lowest BCUT2D eigenvalue weighted by molar-refractivity contribution is -0.129. The number of carbonyl (C=O) groups is 1. The molecule has 0 saturated heterocycles. The summed E-state index contributed by atoms with van der Waals surface area (Å²) in [6, 6.07) is 10.5. The van der Waals surface area contributed by atoms with Crippen molar-refractivity contribution in [3.05, 3.63) is 85.9 Å². The van der Waals surface area contributed by atoms with Crippen molar-refractivity contribution in [2.45, 2.75) is 13.8 Å². The van der Waals surface area contributed by atoms with Crippen LogP contribution in [0.1, 0.15) is 22.3 Å². The molecular weight excluding hydrogens is 366 g/mol. The number of hydrogen-bond donors (Lipinski definition) is 0. The predicted octanol–water partition coefficient (Wildman–Crippen LogP) is 4.41. The van der Waals surface area contributed by atoms with Gasteiger partial charge in [-0.25, -0.2) is 9.79 Å². The summed E-state index contributed by atoms with van der Waals surface area (Å²) >= 11 is 5.96. The zero-order chi connectivity index (χ0) is 19.1. The molecule has 0 radical (unpaired) electrons. The molecule has 0 fully saturated rings. The lowest BCUT2D eigenvalue weighted by Crippen LogP contribution is -2.07. The third-order valence-corrected chi connectivity index (χ3v) is 4.66. The molecule has 0 spiro atoms. The number of rotatable bonds is 2. The van der Waals surface area contributed by atoms with Gasteiger partial charge in [0.05, 0.1) is 10.9 Å². The van der Waals surface area contributed by atoms with Gasteiger partial charge in [-0.3, -0.25) is 4.79 Å². The molecule has 134 valence electrons. The van der Waals surface area contributed by atoms with Gasteiger partial charge in [0, 0.05) is 10.6 Å². The van der Waals surface area contributed by atoms with Crippen molar-refractivity contribution in [3.8, 4) is 0 Å². The van der Waals surface area contributed by atoms with Gasteiger partial charge in [-0.15, -0.1) is 0 Å². The number of hydrogen-bond acceptors (Lipinski definition) is 5. The van der Waals surface area contributed by atoms with Crippen LogP contribution < -0.4 is 5.43 Å². The van der Waals surface area contributed by atoms with Crippen LogP contribution in [0.15, 0.2) is 62.6 Å². The number of ether oxygens (including phenoxy) is 1. The molecular formula is C21H14ClNO4. The molecule has 1 aliphatic rings. The fraction of sp³-hybridized carbons (Fsp3) is 0.0952. The average Bonchev–Trinajstić information content (AvgIpc) is 3.01. The molecule has 1 aliphatic heterocycles. The van der Waals surface area contributed by atoms with E-state index in [4.69, 9.17) is 20.8 Å². The van der Waals surface area contributed by atoms with Crippen molar-refractivity contribution in [1.82, 2.24) is 0 Å². The summed E-state index contributed by atoms with van der Waals surface area (Å²) in [5.41, 5.74) is 3.25. The highest BCUT2D eigenvalue weighted by Gasteiger charge is 2.25. The van der Waals surface area contributed by atoms with E-state index in [0.717, 1.165) is 11.1 Å². The second-order valence-electron chi connectivity index (χ2n) is 6.30. The van der Waals surface area contributed by atoms with Gasteiger partial charge in [-0.2, -0.15) is 0 Å². The number of nitrogens with zero attached hydrogens (tertiary/aromatic N) is 1. The minimum absolute atomic E-state index is 0.0388. The van der Waals surface area contributed by atoms with Crippen LogP contribution in [0.25, 0.3) is 17.0 Å². The standard InChI is InChI=1S/C21H14ClNO4/c1-11-3-4-13(7-12(11)2)20-23-17(21(25)27-20)8-14-10-26-18-6-5-15(22)9-16(18)19(14)24/h3-10H,1-2H3. The summed E-state index contributed by atoms with van der Waals surface area (Å²) in [6.07, 6.45) is 2.66. The van der Waals surface area contributed by atoms with Crippen LogP contribution in [0.3, 0.4) is 0 Å². The van der Waals surface area contributed by atoms with E-state index in [2.05, 4.69) is 4.99 Å². The maximum atomic E-state index is 12.6. The van der Waals surface area contributed by atoms with Gasteiger partial charge < -0.3 is 9.15 Å². The van der Waals surface area contributed by atoms with Crippen molar-refractivity contribution in [2.24, 2.45) is 4.99 Å². The zero-order valence-corrected chi connectivity index (χ0v) is 15.3. The van der Waals surface area contributed by atoms with Crippen molar-refractivity contribution < 1.29 is 13.9 Å². The normalized spacial score (nSPS) is 15.3. The fourth-order valence-electron chi connectivity index (χ4n) is 2.77. The van der Waals surface area contributed by atoms with E-state index >= 15 is 0 Å². The molecule has 0 atom stereocenters. The number of benzene rings is 2. The van der Waals surface area contributed by atoms with Gasteiger partial charge in [-0.1, -0.05) is 17.7 Å². The monoisotopic (exact) mass is 379 g/mol. The Labute approximate surface area is 159 Å². The van der Waals surface area contributed by atoms with Gasteiger partial charge in [0.2, 0.25) is 5.90 Å². The number of carbonyl (C=O) groups excluding carboxylic acids is 1. The van der Waals surface area contributed by atoms with Gasteiger partial charge in [0.25, 0.3) is 0 Å². The molecule has 3 aromatic rings. The molecule has 2 heterocycles. The number of cyclic esters (lactones) is 1. The van der Waals surface area contributed by atoms with E-state index in [9.17, 15) is 9.59 Å². The maximum Gasteiger partial charge on any atom is 0.363 e. The quantitative estimate of drug-likeness (QED) is 0.488. The van der Waals surface area contributed by atoms with Crippen LogP contribution in [0.5, 0.6) is 0 Å². The minimum Gasteiger partial charge on any atom is -0.463 e. The predicted molar refractivity (Wildman–Crippen MR) is 104 cm³/mol. The first-order chi connectivity index (χ1) is 12.9. The Morgan fingerprint density at radius 2 is 1.85 bits per heavy atom. The number of aryl methyl sites for hydroxylation is 2. The molecule has 27 heavy (non-hydrogen) atoms. The average molecular weight is 380 g/mol. The lowest BCUT2D eigenvalue weighted by atomic mass is 10.1. The number of halogens is 1. The van der Waals surface area contributed by atoms with E-state index in [0.29, 0.717) is 21.6 Å². The smallest absolute Gasteiger partial charge is 0.363 e. The topological polar surface area (TPSA) is 68.9 Å². The number of esters is 1. The minimum atomic E-state index is -0.617. The molecule has 4 rings (SSSR count). The van der Waals surface area contributed by atoms with Gasteiger partial charge in [0.15, 0.2) is 11.1 Å². The fourth-order valence-corrected chi connectivity index (χ4v) is 2.94. The zero-order valence-electron chi connectivity index (χ0n) is 14.6. The first-order valence-electron chi connectivity index (χ1n) is 8.23. The summed E-state index contributed by atoms with van der Waals surface area (Å²) in [4.78, 5) is 29.1. The molecule has 6 heteroatoms. The van der Waals surface area contributed by atoms with Crippen molar-refractivity contribution in [2.75, 3.05) is 0 Å². The molecule has 5 nitrogen and oxygen atoms in total. The van der Waals surface area contributed by atoms with Crippen LogP contribution in [0, 0.1) is 13.8 Å². The summed E-state index contributed by atoms with van der Waals surface area (Å²) in [7, 11) is 0. The van der Waals surface area contributed by atoms with Crippen molar-refractivity contribution in [3.63, 3.8) is 0 Å². The second kappa shape index (κ2) is 6.52. The third-order valence-electron chi connectivity index (χ3n) is 4.43. The Kier molecular flexibility index (Phi) is 4.16. The highest BCUT2D eigenvalue weighted by atomic mass is 35.5. The Balaban J connectivity index is 1.77. The largest absolute Gasteiger partial charge is 0.463 e. The Hall–Kier alpha value is -3.18. The van der Waals surface area contributed by atoms with E-state index in [1.165, 1.54) is 18.4 Å². The highest BCUT2D eigenvalue weighted by molar-refractivity contribution is 6.31. The van der Waals surface area contributed by atoms with Crippen LogP contribution >= 0.6 is 11.6 Å². The summed E-state index contributed by atoms with van der Waals surface area (Å²) in [5, 5.41) is 0.761. The summed E-state index contributed by atoms with van der Waals surface area (Å²) in [6.45, 7) is 3.97.